The van der Waals surface area contributed by atoms with Gasteiger partial charge >= 0.3 is 0 Å². The second-order valence-electron chi connectivity index (χ2n) is 7.83. The van der Waals surface area contributed by atoms with E-state index in [2.05, 4.69) is 5.32 Å². The highest BCUT2D eigenvalue weighted by atomic mass is 35.5. The number of nitrogens with one attached hydrogen (secondary N) is 1. The highest BCUT2D eigenvalue weighted by Crippen LogP contribution is 2.25. The lowest BCUT2D eigenvalue weighted by molar-refractivity contribution is 0.0916. The van der Waals surface area contributed by atoms with Crippen LogP contribution in [0.25, 0.3) is 22.3 Å². The number of amides is 1. The highest BCUT2D eigenvalue weighted by Gasteiger charge is 2.15. The Morgan fingerprint density at radius 3 is 2.15 bits per heavy atom. The molecule has 4 aromatic rings. The normalized spacial score (nSPS) is 11.7. The van der Waals surface area contributed by atoms with E-state index in [0.29, 0.717) is 12.0 Å². The zero-order chi connectivity index (χ0) is 23.2. The summed E-state index contributed by atoms with van der Waals surface area (Å²) >= 11 is 5.88. The highest BCUT2D eigenvalue weighted by molar-refractivity contribution is 6.31. The molecule has 5 heteroatoms. The monoisotopic (exact) mass is 459 g/mol. The molecule has 0 unspecified atom stereocenters. The molecule has 1 amide bonds. The van der Waals surface area contributed by atoms with Gasteiger partial charge in [0.05, 0.1) is 17.7 Å². The molecule has 0 fully saturated rings. The predicted molar refractivity (Wildman–Crippen MR) is 131 cm³/mol. The number of halogens is 2. The van der Waals surface area contributed by atoms with E-state index < -0.39 is 11.9 Å². The van der Waals surface area contributed by atoms with Crippen molar-refractivity contribution in [3.05, 3.63) is 119 Å². The van der Waals surface area contributed by atoms with Crippen molar-refractivity contribution in [1.82, 2.24) is 5.32 Å². The van der Waals surface area contributed by atoms with E-state index in [0.717, 1.165) is 27.8 Å². The van der Waals surface area contributed by atoms with Gasteiger partial charge < -0.3 is 10.4 Å². The second-order valence-corrected chi connectivity index (χ2v) is 8.24. The van der Waals surface area contributed by atoms with Gasteiger partial charge in [-0.25, -0.2) is 4.39 Å². The van der Waals surface area contributed by atoms with E-state index in [1.807, 2.05) is 72.8 Å². The molecule has 0 aliphatic heterocycles. The standard InChI is InChI=1S/C28H23ClFNO2/c29-26-17-23(13-14-27(26)30)21-11-9-19(10-12-21)15-25(18-32)31-28(33)24-8-4-7-22(16-24)20-5-2-1-3-6-20/h1-14,16-17,25,32H,15,18H2,(H,31,33)/t25-/m1/s1. The zero-order valence-electron chi connectivity index (χ0n) is 17.8. The molecule has 166 valence electrons. The number of hydrogen-bond donors (Lipinski definition) is 2. The smallest absolute Gasteiger partial charge is 0.251 e. The minimum absolute atomic E-state index is 0.0796. The molecule has 0 radical (unpaired) electrons. The van der Waals surface area contributed by atoms with E-state index >= 15 is 0 Å². The first kappa shape index (κ1) is 22.7. The van der Waals surface area contributed by atoms with Crippen LogP contribution >= 0.6 is 11.6 Å². The van der Waals surface area contributed by atoms with Crippen molar-refractivity contribution in [3.63, 3.8) is 0 Å². The van der Waals surface area contributed by atoms with Gasteiger partial charge in [0.25, 0.3) is 5.91 Å². The Morgan fingerprint density at radius 1 is 0.818 bits per heavy atom. The maximum atomic E-state index is 13.4. The lowest BCUT2D eigenvalue weighted by Crippen LogP contribution is -2.39. The van der Waals surface area contributed by atoms with E-state index in [-0.39, 0.29) is 17.5 Å². The molecule has 0 saturated carbocycles. The minimum Gasteiger partial charge on any atom is -0.394 e. The van der Waals surface area contributed by atoms with Crippen molar-refractivity contribution in [3.8, 4) is 22.3 Å². The summed E-state index contributed by atoms with van der Waals surface area (Å²) in [5.74, 6) is -0.683. The van der Waals surface area contributed by atoms with Crippen LogP contribution in [-0.2, 0) is 6.42 Å². The number of benzene rings is 4. The largest absolute Gasteiger partial charge is 0.394 e. The molecule has 4 aromatic carbocycles. The zero-order valence-corrected chi connectivity index (χ0v) is 18.6. The van der Waals surface area contributed by atoms with Crippen molar-refractivity contribution in [1.29, 1.82) is 0 Å². The lowest BCUT2D eigenvalue weighted by atomic mass is 10.00. The fraction of sp³-hybridized carbons (Fsp3) is 0.107. The van der Waals surface area contributed by atoms with E-state index in [9.17, 15) is 14.3 Å². The minimum atomic E-state index is -0.451. The summed E-state index contributed by atoms with van der Waals surface area (Å²) in [7, 11) is 0. The SMILES string of the molecule is O=C(N[C@@H](CO)Cc1ccc(-c2ccc(F)c(Cl)c2)cc1)c1cccc(-c2ccccc2)c1. The van der Waals surface area contributed by atoms with E-state index in [1.165, 1.54) is 6.07 Å². The molecule has 1 atom stereocenters. The number of rotatable bonds is 7. The molecule has 33 heavy (non-hydrogen) atoms. The molecule has 0 aliphatic rings. The van der Waals surface area contributed by atoms with Crippen molar-refractivity contribution in [2.45, 2.75) is 12.5 Å². The van der Waals surface area contributed by atoms with Gasteiger partial charge in [0, 0.05) is 5.56 Å². The van der Waals surface area contributed by atoms with Gasteiger partial charge in [-0.1, -0.05) is 84.4 Å². The van der Waals surface area contributed by atoms with Crippen LogP contribution in [0, 0.1) is 5.82 Å². The molecule has 2 N–H and O–H groups in total. The van der Waals surface area contributed by atoms with Gasteiger partial charge in [-0.2, -0.15) is 0 Å². The molecule has 0 aromatic heterocycles. The number of carbonyl (C=O) groups excluding carboxylic acids is 1. The molecule has 0 aliphatic carbocycles. The molecular weight excluding hydrogens is 437 g/mol. The van der Waals surface area contributed by atoms with Crippen LogP contribution < -0.4 is 5.32 Å². The Morgan fingerprint density at radius 2 is 1.45 bits per heavy atom. The van der Waals surface area contributed by atoms with Crippen molar-refractivity contribution in [2.75, 3.05) is 6.61 Å². The number of carbonyl (C=O) groups is 1. The molecular formula is C28H23ClFNO2. The van der Waals surface area contributed by atoms with Crippen LogP contribution in [0.1, 0.15) is 15.9 Å². The number of hydrogen-bond acceptors (Lipinski definition) is 2. The van der Waals surface area contributed by atoms with Gasteiger partial charge in [-0.3, -0.25) is 4.79 Å². The fourth-order valence-electron chi connectivity index (χ4n) is 3.69. The van der Waals surface area contributed by atoms with Crippen molar-refractivity contribution >= 4 is 17.5 Å². The summed E-state index contributed by atoms with van der Waals surface area (Å²) < 4.78 is 13.4. The average molecular weight is 460 g/mol. The van der Waals surface area contributed by atoms with E-state index in [1.54, 1.807) is 18.2 Å². The third-order valence-electron chi connectivity index (χ3n) is 5.48. The number of aliphatic hydroxyl groups excluding tert-OH is 1. The van der Waals surface area contributed by atoms with Gasteiger partial charge in [0.15, 0.2) is 0 Å². The summed E-state index contributed by atoms with van der Waals surface area (Å²) in [6.45, 7) is -0.181. The van der Waals surface area contributed by atoms with Crippen LogP contribution in [0.3, 0.4) is 0 Å². The summed E-state index contributed by atoms with van der Waals surface area (Å²) in [6, 6.07) is 29.2. The Hall–Kier alpha value is -3.47. The summed E-state index contributed by atoms with van der Waals surface area (Å²) in [5, 5.41) is 12.8. The summed E-state index contributed by atoms with van der Waals surface area (Å²) in [4.78, 5) is 12.8. The molecule has 0 spiro atoms. The average Bonchev–Trinajstić information content (AvgIpc) is 2.86. The first-order valence-corrected chi connectivity index (χ1v) is 11.0. The molecule has 0 heterocycles. The fourth-order valence-corrected chi connectivity index (χ4v) is 3.87. The van der Waals surface area contributed by atoms with E-state index in [4.69, 9.17) is 11.6 Å². The maximum absolute atomic E-state index is 13.4. The molecule has 4 rings (SSSR count). The Bertz CT molecular complexity index is 1240. The van der Waals surface area contributed by atoms with Crippen LogP contribution in [0.2, 0.25) is 5.02 Å². The predicted octanol–water partition coefficient (Wildman–Crippen LogP) is 6.15. The lowest BCUT2D eigenvalue weighted by Gasteiger charge is -2.17. The van der Waals surface area contributed by atoms with Gasteiger partial charge in [-0.05, 0) is 58.5 Å². The third kappa shape index (κ3) is 5.67. The van der Waals surface area contributed by atoms with Gasteiger partial charge in [-0.15, -0.1) is 0 Å². The molecule has 0 saturated heterocycles. The van der Waals surface area contributed by atoms with Crippen LogP contribution in [0.15, 0.2) is 97.1 Å². The topological polar surface area (TPSA) is 49.3 Å². The Labute approximate surface area is 197 Å². The quantitative estimate of drug-likeness (QED) is 0.348. The Kier molecular flexibility index (Phi) is 7.18. The first-order chi connectivity index (χ1) is 16.0. The van der Waals surface area contributed by atoms with Crippen LogP contribution in [0.4, 0.5) is 4.39 Å². The summed E-state index contributed by atoms with van der Waals surface area (Å²) in [6.07, 6.45) is 0.477. The molecule has 0 bridgehead atoms. The maximum Gasteiger partial charge on any atom is 0.251 e. The first-order valence-electron chi connectivity index (χ1n) is 10.6. The van der Waals surface area contributed by atoms with Gasteiger partial charge in [0.2, 0.25) is 0 Å². The Balaban J connectivity index is 1.43. The number of aliphatic hydroxyl groups is 1. The van der Waals surface area contributed by atoms with Crippen molar-refractivity contribution in [2.24, 2.45) is 0 Å². The van der Waals surface area contributed by atoms with Crippen LogP contribution in [-0.4, -0.2) is 23.7 Å². The second kappa shape index (κ2) is 10.4. The third-order valence-corrected chi connectivity index (χ3v) is 5.77. The van der Waals surface area contributed by atoms with Gasteiger partial charge in [0.1, 0.15) is 5.82 Å². The molecule has 3 nitrogen and oxygen atoms in total. The van der Waals surface area contributed by atoms with Crippen molar-refractivity contribution < 1.29 is 14.3 Å². The summed E-state index contributed by atoms with van der Waals surface area (Å²) in [5.41, 5.74) is 5.22. The van der Waals surface area contributed by atoms with Crippen LogP contribution in [0.5, 0.6) is 0 Å².